The Balaban J connectivity index is 2.19. The van der Waals surface area contributed by atoms with Crippen LogP contribution in [0.5, 0.6) is 5.75 Å². The van der Waals surface area contributed by atoms with Crippen LogP contribution in [0.25, 0.3) is 0 Å². The van der Waals surface area contributed by atoms with E-state index in [4.69, 9.17) is 27.3 Å². The van der Waals surface area contributed by atoms with Crippen LogP contribution in [0, 0.1) is 11.3 Å². The summed E-state index contributed by atoms with van der Waals surface area (Å²) in [6.07, 6.45) is -0.258. The van der Waals surface area contributed by atoms with Gasteiger partial charge in [0.2, 0.25) is 0 Å². The Morgan fingerprint density at radius 1 is 1.21 bits per heavy atom. The van der Waals surface area contributed by atoms with Gasteiger partial charge in [-0.05, 0) is 35.9 Å². The van der Waals surface area contributed by atoms with Crippen LogP contribution < -0.4 is 10.5 Å². The molecule has 1 unspecified atom stereocenters. The number of benzene rings is 2. The summed E-state index contributed by atoms with van der Waals surface area (Å²) in [5, 5.41) is 9.53. The van der Waals surface area contributed by atoms with E-state index in [9.17, 15) is 0 Å². The van der Waals surface area contributed by atoms with Crippen molar-refractivity contribution in [1.29, 1.82) is 5.26 Å². The second-order valence-electron chi connectivity index (χ2n) is 4.03. The lowest BCUT2D eigenvalue weighted by Gasteiger charge is -2.18. The third kappa shape index (κ3) is 3.47. The van der Waals surface area contributed by atoms with E-state index in [2.05, 4.69) is 6.07 Å². The lowest BCUT2D eigenvalue weighted by molar-refractivity contribution is 0.214. The van der Waals surface area contributed by atoms with Crippen molar-refractivity contribution < 1.29 is 4.74 Å². The van der Waals surface area contributed by atoms with Crippen molar-refractivity contribution in [2.45, 2.75) is 6.10 Å². The van der Waals surface area contributed by atoms with Crippen molar-refractivity contribution in [3.05, 3.63) is 64.7 Å². The van der Waals surface area contributed by atoms with E-state index in [0.29, 0.717) is 22.9 Å². The van der Waals surface area contributed by atoms with Gasteiger partial charge in [-0.2, -0.15) is 5.26 Å². The largest absolute Gasteiger partial charge is 0.484 e. The molecule has 0 saturated carbocycles. The number of hydrogen-bond donors (Lipinski definition) is 1. The molecule has 19 heavy (non-hydrogen) atoms. The molecule has 0 aromatic heterocycles. The van der Waals surface area contributed by atoms with Crippen molar-refractivity contribution in [1.82, 2.24) is 0 Å². The number of halogens is 1. The number of hydrogen-bond acceptors (Lipinski definition) is 3. The summed E-state index contributed by atoms with van der Waals surface area (Å²) in [5.74, 6) is 0.629. The first-order valence-corrected chi connectivity index (χ1v) is 6.23. The van der Waals surface area contributed by atoms with Crippen LogP contribution in [0.15, 0.2) is 48.5 Å². The fourth-order valence-electron chi connectivity index (χ4n) is 1.73. The molecule has 0 aliphatic carbocycles. The molecule has 2 rings (SSSR count). The zero-order valence-electron chi connectivity index (χ0n) is 10.2. The van der Waals surface area contributed by atoms with Crippen molar-refractivity contribution in [2.24, 2.45) is 5.73 Å². The fourth-order valence-corrected chi connectivity index (χ4v) is 1.86. The highest BCUT2D eigenvalue weighted by atomic mass is 35.5. The van der Waals surface area contributed by atoms with E-state index < -0.39 is 0 Å². The summed E-state index contributed by atoms with van der Waals surface area (Å²) < 4.78 is 5.81. The van der Waals surface area contributed by atoms with E-state index in [-0.39, 0.29) is 6.10 Å². The monoisotopic (exact) mass is 272 g/mol. The Hall–Kier alpha value is -2.02. The van der Waals surface area contributed by atoms with Gasteiger partial charge in [-0.1, -0.05) is 29.8 Å². The summed E-state index contributed by atoms with van der Waals surface area (Å²) in [7, 11) is 0. The van der Waals surface area contributed by atoms with Gasteiger partial charge in [-0.25, -0.2) is 0 Å². The van der Waals surface area contributed by atoms with E-state index in [1.54, 1.807) is 36.4 Å². The van der Waals surface area contributed by atoms with Crippen molar-refractivity contribution >= 4 is 11.6 Å². The minimum Gasteiger partial charge on any atom is -0.484 e. The van der Waals surface area contributed by atoms with Crippen LogP contribution in [0.2, 0.25) is 5.02 Å². The first-order valence-electron chi connectivity index (χ1n) is 5.85. The predicted molar refractivity (Wildman–Crippen MR) is 75.0 cm³/mol. The quantitative estimate of drug-likeness (QED) is 0.929. The molecule has 0 spiro atoms. The van der Waals surface area contributed by atoms with Gasteiger partial charge in [0.15, 0.2) is 0 Å². The summed E-state index contributed by atoms with van der Waals surface area (Å²) in [4.78, 5) is 0. The van der Waals surface area contributed by atoms with Gasteiger partial charge in [0, 0.05) is 11.6 Å². The van der Waals surface area contributed by atoms with Crippen LogP contribution in [-0.2, 0) is 0 Å². The number of ether oxygens (including phenoxy) is 1. The van der Waals surface area contributed by atoms with Crippen molar-refractivity contribution in [2.75, 3.05) is 6.54 Å². The summed E-state index contributed by atoms with van der Waals surface area (Å²) >= 11 is 5.85. The highest BCUT2D eigenvalue weighted by Crippen LogP contribution is 2.23. The molecule has 3 nitrogen and oxygen atoms in total. The Morgan fingerprint density at radius 2 is 1.95 bits per heavy atom. The maximum absolute atomic E-state index is 8.86. The predicted octanol–water partition coefficient (Wildman–Crippen LogP) is 3.29. The van der Waals surface area contributed by atoms with Crippen molar-refractivity contribution in [3.63, 3.8) is 0 Å². The van der Waals surface area contributed by atoms with E-state index in [1.807, 2.05) is 12.1 Å². The molecule has 4 heteroatoms. The lowest BCUT2D eigenvalue weighted by Crippen LogP contribution is -2.18. The van der Waals surface area contributed by atoms with Crippen LogP contribution in [0.3, 0.4) is 0 Å². The molecular weight excluding hydrogens is 260 g/mol. The molecule has 0 fully saturated rings. The van der Waals surface area contributed by atoms with Crippen molar-refractivity contribution in [3.8, 4) is 11.8 Å². The molecule has 1 atom stereocenters. The third-order valence-corrected chi connectivity index (χ3v) is 2.95. The molecule has 96 valence electrons. The van der Waals surface area contributed by atoms with Gasteiger partial charge in [0.1, 0.15) is 11.9 Å². The first-order chi connectivity index (χ1) is 9.22. The average Bonchev–Trinajstić information content (AvgIpc) is 2.46. The zero-order chi connectivity index (χ0) is 13.7. The Labute approximate surface area is 117 Å². The normalized spacial score (nSPS) is 11.6. The van der Waals surface area contributed by atoms with Crippen LogP contribution in [0.4, 0.5) is 0 Å². The molecule has 0 bridgehead atoms. The van der Waals surface area contributed by atoms with E-state index in [1.165, 1.54) is 0 Å². The van der Waals surface area contributed by atoms with E-state index in [0.717, 1.165) is 5.56 Å². The van der Waals surface area contributed by atoms with E-state index >= 15 is 0 Å². The Morgan fingerprint density at radius 3 is 2.58 bits per heavy atom. The number of nitriles is 1. The molecule has 0 aliphatic rings. The van der Waals surface area contributed by atoms with Gasteiger partial charge in [-0.3, -0.25) is 0 Å². The average molecular weight is 273 g/mol. The van der Waals surface area contributed by atoms with Crippen LogP contribution in [-0.4, -0.2) is 6.54 Å². The van der Waals surface area contributed by atoms with Gasteiger partial charge >= 0.3 is 0 Å². The lowest BCUT2D eigenvalue weighted by atomic mass is 10.1. The minimum absolute atomic E-state index is 0.258. The molecular formula is C15H13ClN2O. The Kier molecular flexibility index (Phi) is 4.40. The highest BCUT2D eigenvalue weighted by Gasteiger charge is 2.11. The fraction of sp³-hybridized carbons (Fsp3) is 0.133. The molecule has 0 aliphatic heterocycles. The SMILES string of the molecule is N#Cc1cccc(OC(CN)c2ccc(Cl)cc2)c1. The summed E-state index contributed by atoms with van der Waals surface area (Å²) in [5.41, 5.74) is 7.25. The summed E-state index contributed by atoms with van der Waals surface area (Å²) in [6, 6.07) is 16.5. The zero-order valence-corrected chi connectivity index (χ0v) is 11.0. The molecule has 0 saturated heterocycles. The first kappa shape index (κ1) is 13.4. The maximum atomic E-state index is 8.86. The molecule has 0 radical (unpaired) electrons. The van der Waals surface area contributed by atoms with Crippen LogP contribution in [0.1, 0.15) is 17.2 Å². The molecule has 0 amide bonds. The molecule has 2 N–H and O–H groups in total. The summed E-state index contributed by atoms with van der Waals surface area (Å²) in [6.45, 7) is 0.346. The number of nitrogens with zero attached hydrogens (tertiary/aromatic N) is 1. The van der Waals surface area contributed by atoms with Gasteiger partial charge in [0.05, 0.1) is 11.6 Å². The second kappa shape index (κ2) is 6.24. The van der Waals surface area contributed by atoms with Gasteiger partial charge in [0.25, 0.3) is 0 Å². The Bertz CT molecular complexity index is 590. The topological polar surface area (TPSA) is 59.0 Å². The molecule has 0 heterocycles. The van der Waals surface area contributed by atoms with Crippen LogP contribution >= 0.6 is 11.6 Å². The standard InChI is InChI=1S/C15H13ClN2O/c16-13-6-4-12(5-7-13)15(10-18)19-14-3-1-2-11(8-14)9-17/h1-8,15H,10,18H2. The number of rotatable bonds is 4. The molecule has 2 aromatic rings. The van der Waals surface area contributed by atoms with Gasteiger partial charge in [-0.15, -0.1) is 0 Å². The molecule has 2 aromatic carbocycles. The second-order valence-corrected chi connectivity index (χ2v) is 4.47. The maximum Gasteiger partial charge on any atom is 0.136 e. The number of nitrogens with two attached hydrogens (primary N) is 1. The smallest absolute Gasteiger partial charge is 0.136 e. The minimum atomic E-state index is -0.258. The van der Waals surface area contributed by atoms with Gasteiger partial charge < -0.3 is 10.5 Å². The third-order valence-electron chi connectivity index (χ3n) is 2.70. The highest BCUT2D eigenvalue weighted by molar-refractivity contribution is 6.30.